The lowest BCUT2D eigenvalue weighted by Crippen LogP contribution is -2.56. The Bertz CT molecular complexity index is 1320. The Morgan fingerprint density at radius 3 is 2.63 bits per heavy atom. The predicted octanol–water partition coefficient (Wildman–Crippen LogP) is 3.00. The van der Waals surface area contributed by atoms with Gasteiger partial charge in [0.15, 0.2) is 0 Å². The number of para-hydroxylation sites is 1. The highest BCUT2D eigenvalue weighted by Crippen LogP contribution is 2.62. The van der Waals surface area contributed by atoms with Crippen LogP contribution in [-0.2, 0) is 24.7 Å². The third-order valence-electron chi connectivity index (χ3n) is 8.42. The number of carbonyl (C=O) groups is 4. The molecule has 3 fully saturated rings. The minimum atomic E-state index is -1.20. The van der Waals surface area contributed by atoms with Crippen LogP contribution in [0.1, 0.15) is 46.1 Å². The largest absolute Gasteiger partial charge is 0.465 e. The quantitative estimate of drug-likeness (QED) is 0.483. The number of fused-ring (bicyclic) bond motifs is 7. The summed E-state index contributed by atoms with van der Waals surface area (Å²) in [5.41, 5.74) is 1.37. The highest BCUT2D eigenvalue weighted by atomic mass is 32.1. The second-order valence-corrected chi connectivity index (χ2v) is 10.9. The number of ether oxygens (including phenoxy) is 1. The molecule has 0 saturated carbocycles. The van der Waals surface area contributed by atoms with Crippen molar-refractivity contribution >= 4 is 45.7 Å². The van der Waals surface area contributed by atoms with Gasteiger partial charge in [0.2, 0.25) is 11.8 Å². The number of aryl methyl sites for hydroxylation is 1. The molecule has 0 radical (unpaired) electrons. The van der Waals surface area contributed by atoms with Gasteiger partial charge in [-0.05, 0) is 51.8 Å². The lowest BCUT2D eigenvalue weighted by Gasteiger charge is -2.37. The SMILES string of the molecule is CCN1C(=O)[C@]2(c3ccccc31)[C@H]1C(=O)N(c3sc(C)c(C)c3C(=O)OC)C(=O)[C@@H]1[C@H]1CCCN12. The zero-order chi connectivity index (χ0) is 24.8. The highest BCUT2D eigenvalue weighted by molar-refractivity contribution is 7.17. The first-order chi connectivity index (χ1) is 16.8. The standard InChI is InChI=1S/C26H27N3O5S/c1-5-27-16-10-7-6-9-15(16)26(25(27)33)20-19(17-11-8-12-28(17)26)21(30)29(22(20)31)23-18(24(32)34-4)13(2)14(3)35-23/h6-7,9-10,17,19-20H,5,8,11-12H2,1-4H3/t17-,19-,20-,26+/m1/s1. The number of benzene rings is 1. The van der Waals surface area contributed by atoms with Gasteiger partial charge in [-0.1, -0.05) is 18.2 Å². The number of esters is 1. The summed E-state index contributed by atoms with van der Waals surface area (Å²) in [6.45, 7) is 6.73. The minimum Gasteiger partial charge on any atom is -0.465 e. The molecule has 1 aromatic heterocycles. The number of imide groups is 1. The summed E-state index contributed by atoms with van der Waals surface area (Å²) in [6.07, 6.45) is 1.62. The second-order valence-electron chi connectivity index (χ2n) is 9.71. The summed E-state index contributed by atoms with van der Waals surface area (Å²) in [7, 11) is 1.29. The van der Waals surface area contributed by atoms with Crippen LogP contribution in [-0.4, -0.2) is 54.8 Å². The number of likely N-dealkylation sites (N-methyl/N-ethyl adjacent to an activating group) is 1. The zero-order valence-electron chi connectivity index (χ0n) is 20.2. The number of hydrogen-bond acceptors (Lipinski definition) is 7. The van der Waals surface area contributed by atoms with Crippen LogP contribution in [0.25, 0.3) is 0 Å². The summed E-state index contributed by atoms with van der Waals surface area (Å²) < 4.78 is 5.00. The Kier molecular flexibility index (Phi) is 4.79. The van der Waals surface area contributed by atoms with Gasteiger partial charge < -0.3 is 9.64 Å². The van der Waals surface area contributed by atoms with Crippen LogP contribution in [0.5, 0.6) is 0 Å². The second kappa shape index (κ2) is 7.48. The van der Waals surface area contributed by atoms with E-state index in [1.807, 2.05) is 38.1 Å². The molecule has 1 spiro atoms. The van der Waals surface area contributed by atoms with Crippen molar-refractivity contribution in [2.45, 2.75) is 45.2 Å². The van der Waals surface area contributed by atoms with Crippen molar-refractivity contribution in [1.29, 1.82) is 0 Å². The minimum absolute atomic E-state index is 0.129. The molecule has 4 atom stereocenters. The van der Waals surface area contributed by atoms with E-state index in [1.54, 1.807) is 11.8 Å². The maximum Gasteiger partial charge on any atom is 0.341 e. The molecule has 35 heavy (non-hydrogen) atoms. The zero-order valence-corrected chi connectivity index (χ0v) is 21.0. The summed E-state index contributed by atoms with van der Waals surface area (Å²) in [5, 5.41) is 0.307. The van der Waals surface area contributed by atoms with Crippen LogP contribution in [0.4, 0.5) is 10.7 Å². The smallest absolute Gasteiger partial charge is 0.341 e. The van der Waals surface area contributed by atoms with Gasteiger partial charge in [0, 0.05) is 28.7 Å². The first-order valence-electron chi connectivity index (χ1n) is 12.0. The molecule has 8 nitrogen and oxygen atoms in total. The van der Waals surface area contributed by atoms with Crippen LogP contribution in [0.15, 0.2) is 24.3 Å². The third kappa shape index (κ3) is 2.50. The summed E-state index contributed by atoms with van der Waals surface area (Å²) in [5.74, 6) is -2.89. The van der Waals surface area contributed by atoms with Crippen LogP contribution < -0.4 is 9.80 Å². The normalized spacial score (nSPS) is 29.4. The molecule has 6 rings (SSSR count). The number of thiophene rings is 1. The predicted molar refractivity (Wildman–Crippen MR) is 130 cm³/mol. The Labute approximate surface area is 207 Å². The molecule has 0 bridgehead atoms. The van der Waals surface area contributed by atoms with Crippen molar-refractivity contribution in [2.75, 3.05) is 30.0 Å². The van der Waals surface area contributed by atoms with Gasteiger partial charge >= 0.3 is 5.97 Å². The van der Waals surface area contributed by atoms with Gasteiger partial charge in [-0.25, -0.2) is 9.69 Å². The monoisotopic (exact) mass is 493 g/mol. The Hall–Kier alpha value is -3.04. The third-order valence-corrected chi connectivity index (χ3v) is 9.61. The number of hydrogen-bond donors (Lipinski definition) is 0. The van der Waals surface area contributed by atoms with Gasteiger partial charge in [0.25, 0.3) is 5.91 Å². The number of anilines is 2. The van der Waals surface area contributed by atoms with Crippen molar-refractivity contribution in [3.05, 3.63) is 45.8 Å². The maximum atomic E-state index is 14.3. The van der Waals surface area contributed by atoms with Crippen LogP contribution in [0.2, 0.25) is 0 Å². The number of rotatable bonds is 3. The summed E-state index contributed by atoms with van der Waals surface area (Å²) >= 11 is 1.25. The summed E-state index contributed by atoms with van der Waals surface area (Å²) in [6, 6.07) is 7.45. The molecule has 9 heteroatoms. The van der Waals surface area contributed by atoms with Crippen molar-refractivity contribution in [3.63, 3.8) is 0 Å². The van der Waals surface area contributed by atoms with Gasteiger partial charge in [-0.3, -0.25) is 19.3 Å². The first kappa shape index (κ1) is 22.4. The number of nitrogens with zero attached hydrogens (tertiary/aromatic N) is 3. The van der Waals surface area contributed by atoms with E-state index < -0.39 is 29.3 Å². The van der Waals surface area contributed by atoms with Crippen LogP contribution in [0, 0.1) is 25.7 Å². The van der Waals surface area contributed by atoms with Crippen LogP contribution >= 0.6 is 11.3 Å². The van der Waals surface area contributed by atoms with E-state index in [0.717, 1.165) is 29.0 Å². The molecule has 3 amide bonds. The van der Waals surface area contributed by atoms with E-state index in [2.05, 4.69) is 4.90 Å². The van der Waals surface area contributed by atoms with Crippen molar-refractivity contribution < 1.29 is 23.9 Å². The molecule has 2 aromatic rings. The number of carbonyl (C=O) groups excluding carboxylic acids is 4. The Morgan fingerprint density at radius 1 is 1.17 bits per heavy atom. The maximum absolute atomic E-state index is 14.3. The molecular formula is C26H27N3O5S. The molecule has 5 heterocycles. The van der Waals surface area contributed by atoms with Gasteiger partial charge in [0.05, 0.1) is 24.5 Å². The molecular weight excluding hydrogens is 466 g/mol. The average Bonchev–Trinajstić information content (AvgIpc) is 3.60. The topological polar surface area (TPSA) is 87.2 Å². The lowest BCUT2D eigenvalue weighted by molar-refractivity contribution is -0.137. The van der Waals surface area contributed by atoms with Gasteiger partial charge in [0.1, 0.15) is 10.5 Å². The van der Waals surface area contributed by atoms with E-state index in [4.69, 9.17) is 4.74 Å². The summed E-state index contributed by atoms with van der Waals surface area (Å²) in [4.78, 5) is 61.1. The fourth-order valence-corrected chi connectivity index (χ4v) is 8.12. The van der Waals surface area contributed by atoms with E-state index in [1.165, 1.54) is 23.3 Å². The molecule has 3 saturated heterocycles. The fraction of sp³-hybridized carbons (Fsp3) is 0.462. The van der Waals surface area contributed by atoms with E-state index >= 15 is 0 Å². The van der Waals surface area contributed by atoms with Crippen LogP contribution in [0.3, 0.4) is 0 Å². The number of amides is 3. The first-order valence-corrected chi connectivity index (χ1v) is 12.9. The lowest BCUT2D eigenvalue weighted by atomic mass is 9.75. The molecule has 4 aliphatic heterocycles. The molecule has 0 N–H and O–H groups in total. The van der Waals surface area contributed by atoms with E-state index in [9.17, 15) is 19.2 Å². The molecule has 0 aliphatic carbocycles. The van der Waals surface area contributed by atoms with Gasteiger partial charge in [-0.15, -0.1) is 11.3 Å². The van der Waals surface area contributed by atoms with E-state index in [-0.39, 0.29) is 23.4 Å². The average molecular weight is 494 g/mol. The highest BCUT2D eigenvalue weighted by Gasteiger charge is 2.75. The Morgan fingerprint density at radius 2 is 1.91 bits per heavy atom. The van der Waals surface area contributed by atoms with Crippen molar-refractivity contribution in [1.82, 2.24) is 4.90 Å². The van der Waals surface area contributed by atoms with E-state index in [0.29, 0.717) is 23.7 Å². The molecule has 182 valence electrons. The Balaban J connectivity index is 1.57. The molecule has 1 aromatic carbocycles. The van der Waals surface area contributed by atoms with Crippen molar-refractivity contribution in [2.24, 2.45) is 11.8 Å². The van der Waals surface area contributed by atoms with Gasteiger partial charge in [-0.2, -0.15) is 0 Å². The number of methoxy groups -OCH3 is 1. The fourth-order valence-electron chi connectivity index (χ4n) is 6.96. The molecule has 0 unspecified atom stereocenters. The van der Waals surface area contributed by atoms with Crippen molar-refractivity contribution in [3.8, 4) is 0 Å². The molecule has 4 aliphatic rings.